The Morgan fingerprint density at radius 3 is 3.00 bits per heavy atom. The number of hydrazine groups is 1. The lowest BCUT2D eigenvalue weighted by atomic mass is 10.3. The van der Waals surface area contributed by atoms with Crippen molar-refractivity contribution in [2.24, 2.45) is 0 Å². The Kier molecular flexibility index (Phi) is 2.33. The molecule has 0 aliphatic carbocycles. The van der Waals surface area contributed by atoms with Crippen LogP contribution in [-0.2, 0) is 6.54 Å². The smallest absolute Gasteiger partial charge is 0.0821 e. The molecule has 0 amide bonds. The fourth-order valence-corrected chi connectivity index (χ4v) is 1.43. The van der Waals surface area contributed by atoms with Gasteiger partial charge in [-0.2, -0.15) is 0 Å². The minimum Gasteiger partial charge on any atom is -0.296 e. The van der Waals surface area contributed by atoms with Gasteiger partial charge in [-0.25, -0.2) is 0 Å². The molecule has 13 heavy (non-hydrogen) atoms. The summed E-state index contributed by atoms with van der Waals surface area (Å²) in [5, 5.41) is 3.25. The Labute approximate surface area is 76.9 Å². The molecule has 70 valence electrons. The molecular formula is C9H14N4. The Morgan fingerprint density at radius 2 is 2.23 bits per heavy atom. The van der Waals surface area contributed by atoms with Gasteiger partial charge in [0.25, 0.3) is 0 Å². The number of para-hydroxylation sites is 2. The van der Waals surface area contributed by atoms with E-state index < -0.39 is 0 Å². The molecule has 0 unspecified atom stereocenters. The highest BCUT2D eigenvalue weighted by molar-refractivity contribution is 5.76. The molecule has 0 fully saturated rings. The summed E-state index contributed by atoms with van der Waals surface area (Å²) in [6.45, 7) is 1.87. The molecule has 0 radical (unpaired) electrons. The molecule has 0 spiro atoms. The van der Waals surface area contributed by atoms with Gasteiger partial charge in [-0.3, -0.25) is 20.6 Å². The Hall–Kier alpha value is -1.26. The molecule has 0 saturated heterocycles. The third-order valence-electron chi connectivity index (χ3n) is 2.09. The minimum atomic E-state index is 0.915. The van der Waals surface area contributed by atoms with Crippen LogP contribution in [0.15, 0.2) is 24.3 Å². The van der Waals surface area contributed by atoms with Crippen molar-refractivity contribution in [1.82, 2.24) is 20.6 Å². The molecule has 1 aromatic heterocycles. The summed E-state index contributed by atoms with van der Waals surface area (Å²) in [6.07, 6.45) is 0. The third kappa shape index (κ3) is 1.59. The molecule has 0 saturated carbocycles. The van der Waals surface area contributed by atoms with Crippen molar-refractivity contribution in [2.75, 3.05) is 13.6 Å². The second kappa shape index (κ2) is 3.64. The molecule has 4 heteroatoms. The average Bonchev–Trinajstić information content (AvgIpc) is 2.13. The number of nitrogens with one attached hydrogen (secondary N) is 3. The van der Waals surface area contributed by atoms with Gasteiger partial charge in [-0.05, 0) is 19.2 Å². The highest BCUT2D eigenvalue weighted by Gasteiger charge is 2.01. The van der Waals surface area contributed by atoms with Gasteiger partial charge in [0, 0.05) is 6.54 Å². The fourth-order valence-electron chi connectivity index (χ4n) is 1.43. The van der Waals surface area contributed by atoms with Gasteiger partial charge >= 0.3 is 0 Å². The SMILES string of the molecule is CNNCCn1[nH]c2ccccc21. The van der Waals surface area contributed by atoms with Crippen LogP contribution >= 0.6 is 0 Å². The van der Waals surface area contributed by atoms with Gasteiger partial charge in [-0.15, -0.1) is 0 Å². The van der Waals surface area contributed by atoms with Crippen molar-refractivity contribution in [2.45, 2.75) is 6.54 Å². The van der Waals surface area contributed by atoms with E-state index in [0.717, 1.165) is 13.1 Å². The van der Waals surface area contributed by atoms with Crippen LogP contribution < -0.4 is 10.9 Å². The van der Waals surface area contributed by atoms with E-state index in [1.54, 1.807) is 0 Å². The highest BCUT2D eigenvalue weighted by Crippen LogP contribution is 2.12. The van der Waals surface area contributed by atoms with Crippen LogP contribution in [-0.4, -0.2) is 23.4 Å². The summed E-state index contributed by atoms with van der Waals surface area (Å²) in [5.41, 5.74) is 8.43. The van der Waals surface area contributed by atoms with Gasteiger partial charge in [0.2, 0.25) is 0 Å². The topological polar surface area (TPSA) is 44.8 Å². The first-order chi connectivity index (χ1) is 6.42. The maximum atomic E-state index is 3.25. The maximum Gasteiger partial charge on any atom is 0.0821 e. The van der Waals surface area contributed by atoms with Crippen LogP contribution in [0.4, 0.5) is 0 Å². The quantitative estimate of drug-likeness (QED) is 0.476. The molecule has 0 aliphatic rings. The van der Waals surface area contributed by atoms with Crippen LogP contribution in [0.2, 0.25) is 0 Å². The van der Waals surface area contributed by atoms with Gasteiger partial charge in [-0.1, -0.05) is 12.1 Å². The fraction of sp³-hybridized carbons (Fsp3) is 0.333. The van der Waals surface area contributed by atoms with Crippen LogP contribution in [0.5, 0.6) is 0 Å². The standard InChI is InChI=1S/C9H14N4/c1-10-11-6-7-13-9-5-3-2-4-8(9)12-13/h2-5,10-12H,6-7H2,1H3. The summed E-state index contributed by atoms with van der Waals surface area (Å²) in [7, 11) is 1.87. The second-order valence-corrected chi connectivity index (χ2v) is 2.96. The van der Waals surface area contributed by atoms with E-state index >= 15 is 0 Å². The van der Waals surface area contributed by atoms with E-state index in [9.17, 15) is 0 Å². The third-order valence-corrected chi connectivity index (χ3v) is 2.09. The van der Waals surface area contributed by atoms with Crippen LogP contribution in [0.25, 0.3) is 11.0 Å². The van der Waals surface area contributed by atoms with Crippen LogP contribution in [0.3, 0.4) is 0 Å². The number of rotatable bonds is 4. The number of hydrogen-bond donors (Lipinski definition) is 3. The first kappa shape index (κ1) is 8.34. The second-order valence-electron chi connectivity index (χ2n) is 2.96. The normalized spacial score (nSPS) is 11.2. The van der Waals surface area contributed by atoms with E-state index in [-0.39, 0.29) is 0 Å². The Balaban J connectivity index is 2.02. The zero-order valence-corrected chi connectivity index (χ0v) is 7.67. The summed E-state index contributed by atoms with van der Waals surface area (Å²) < 4.78 is 2.12. The Morgan fingerprint density at radius 1 is 1.38 bits per heavy atom. The molecule has 2 rings (SSSR count). The van der Waals surface area contributed by atoms with Crippen LogP contribution in [0.1, 0.15) is 0 Å². The Bertz CT molecular complexity index is 374. The number of nitrogens with zero attached hydrogens (tertiary/aromatic N) is 1. The van der Waals surface area contributed by atoms with Gasteiger partial charge < -0.3 is 0 Å². The van der Waals surface area contributed by atoms with Crippen molar-refractivity contribution in [3.8, 4) is 0 Å². The largest absolute Gasteiger partial charge is 0.296 e. The number of hydrogen-bond acceptors (Lipinski definition) is 2. The molecule has 2 aromatic rings. The molecule has 4 nitrogen and oxygen atoms in total. The average molecular weight is 178 g/mol. The molecule has 1 heterocycles. The lowest BCUT2D eigenvalue weighted by Gasteiger charge is -2.16. The lowest BCUT2D eigenvalue weighted by molar-refractivity contribution is 0.516. The van der Waals surface area contributed by atoms with E-state index in [1.165, 1.54) is 11.0 Å². The van der Waals surface area contributed by atoms with Crippen molar-refractivity contribution >= 4 is 11.0 Å². The lowest BCUT2D eigenvalue weighted by Crippen LogP contribution is -2.31. The molecule has 1 aromatic carbocycles. The summed E-state index contributed by atoms with van der Waals surface area (Å²) in [4.78, 5) is 0. The molecular weight excluding hydrogens is 164 g/mol. The summed E-state index contributed by atoms with van der Waals surface area (Å²) >= 11 is 0. The molecule has 0 aliphatic heterocycles. The van der Waals surface area contributed by atoms with Crippen molar-refractivity contribution in [3.63, 3.8) is 0 Å². The van der Waals surface area contributed by atoms with E-state index in [0.29, 0.717) is 0 Å². The number of aromatic amines is 1. The van der Waals surface area contributed by atoms with Gasteiger partial charge in [0.05, 0.1) is 17.6 Å². The first-order valence-electron chi connectivity index (χ1n) is 4.44. The van der Waals surface area contributed by atoms with Crippen molar-refractivity contribution < 1.29 is 0 Å². The number of aromatic nitrogens is 2. The minimum absolute atomic E-state index is 0.915. The number of benzene rings is 1. The van der Waals surface area contributed by atoms with Crippen LogP contribution in [0, 0.1) is 0 Å². The predicted molar refractivity (Wildman–Crippen MR) is 53.4 cm³/mol. The van der Waals surface area contributed by atoms with E-state index in [1.807, 2.05) is 13.1 Å². The van der Waals surface area contributed by atoms with E-state index in [4.69, 9.17) is 0 Å². The highest BCUT2D eigenvalue weighted by atomic mass is 15.4. The maximum absolute atomic E-state index is 3.25. The number of fused-ring (bicyclic) bond motifs is 1. The van der Waals surface area contributed by atoms with E-state index in [2.05, 4.69) is 38.8 Å². The zero-order chi connectivity index (χ0) is 9.10. The van der Waals surface area contributed by atoms with Gasteiger partial charge in [0.15, 0.2) is 0 Å². The van der Waals surface area contributed by atoms with Crippen molar-refractivity contribution in [1.29, 1.82) is 0 Å². The molecule has 0 bridgehead atoms. The monoisotopic (exact) mass is 178 g/mol. The first-order valence-corrected chi connectivity index (χ1v) is 4.44. The summed E-state index contributed by atoms with van der Waals surface area (Å²) in [5.74, 6) is 0. The summed E-state index contributed by atoms with van der Waals surface area (Å²) in [6, 6.07) is 8.29. The van der Waals surface area contributed by atoms with Gasteiger partial charge in [0.1, 0.15) is 0 Å². The van der Waals surface area contributed by atoms with Crippen molar-refractivity contribution in [3.05, 3.63) is 24.3 Å². The zero-order valence-electron chi connectivity index (χ0n) is 7.67. The predicted octanol–water partition coefficient (Wildman–Crippen LogP) is 0.693. The molecule has 3 N–H and O–H groups in total. The number of H-pyrrole nitrogens is 1. The molecule has 0 atom stereocenters.